The van der Waals surface area contributed by atoms with Gasteiger partial charge in [0, 0.05) is 11.4 Å². The Hall–Kier alpha value is -2.34. The monoisotopic (exact) mass is 268 g/mol. The van der Waals surface area contributed by atoms with Gasteiger partial charge in [0.15, 0.2) is 0 Å². The van der Waals surface area contributed by atoms with Crippen LogP contribution in [-0.2, 0) is 5.41 Å². The number of hydrogen-bond acceptors (Lipinski definition) is 2. The van der Waals surface area contributed by atoms with Crippen molar-refractivity contribution >= 4 is 11.4 Å². The molecule has 0 saturated heterocycles. The van der Waals surface area contributed by atoms with Gasteiger partial charge < -0.3 is 5.32 Å². The Bertz CT molecular complexity index is 646. The zero-order chi connectivity index (χ0) is 14.8. The van der Waals surface area contributed by atoms with Crippen LogP contribution in [0.2, 0.25) is 0 Å². The van der Waals surface area contributed by atoms with Crippen LogP contribution in [0.3, 0.4) is 0 Å². The van der Waals surface area contributed by atoms with E-state index in [-0.39, 0.29) is 11.0 Å². The standard InChI is InChI=1S/C17H17FN2/c1-17(2,3)13-5-8-14(9-6-13)20-15-7-4-12(11-19)16(18)10-15/h4-10,20H,1-3H3. The lowest BCUT2D eigenvalue weighted by atomic mass is 9.87. The molecule has 102 valence electrons. The minimum Gasteiger partial charge on any atom is -0.355 e. The van der Waals surface area contributed by atoms with E-state index in [0.717, 1.165) is 5.69 Å². The van der Waals surface area contributed by atoms with Gasteiger partial charge in [-0.2, -0.15) is 5.26 Å². The lowest BCUT2D eigenvalue weighted by Crippen LogP contribution is -2.10. The fourth-order valence-electron chi connectivity index (χ4n) is 1.90. The van der Waals surface area contributed by atoms with Crippen LogP contribution in [0, 0.1) is 17.1 Å². The van der Waals surface area contributed by atoms with E-state index in [1.807, 2.05) is 18.2 Å². The Morgan fingerprint density at radius 2 is 1.60 bits per heavy atom. The number of nitrogens with one attached hydrogen (secondary N) is 1. The lowest BCUT2D eigenvalue weighted by Gasteiger charge is -2.19. The first kappa shape index (κ1) is 14.1. The van der Waals surface area contributed by atoms with Crippen LogP contribution >= 0.6 is 0 Å². The first-order chi connectivity index (χ1) is 9.40. The number of nitrogens with zero attached hydrogens (tertiary/aromatic N) is 1. The minimum absolute atomic E-state index is 0.0543. The zero-order valence-corrected chi connectivity index (χ0v) is 11.9. The van der Waals surface area contributed by atoms with E-state index in [0.29, 0.717) is 5.69 Å². The molecule has 0 aliphatic heterocycles. The predicted octanol–water partition coefficient (Wildman–Crippen LogP) is 4.74. The summed E-state index contributed by atoms with van der Waals surface area (Å²) in [6, 6.07) is 14.4. The summed E-state index contributed by atoms with van der Waals surface area (Å²) in [5.41, 5.74) is 2.93. The smallest absolute Gasteiger partial charge is 0.143 e. The van der Waals surface area contributed by atoms with Crippen molar-refractivity contribution in [2.75, 3.05) is 5.32 Å². The molecule has 0 aliphatic rings. The molecule has 2 aromatic rings. The molecular weight excluding hydrogens is 251 g/mol. The van der Waals surface area contributed by atoms with Crippen LogP contribution in [0.25, 0.3) is 0 Å². The summed E-state index contributed by atoms with van der Waals surface area (Å²) in [6.45, 7) is 6.47. The van der Waals surface area contributed by atoms with E-state index in [4.69, 9.17) is 5.26 Å². The first-order valence-corrected chi connectivity index (χ1v) is 6.47. The van der Waals surface area contributed by atoms with Crippen LogP contribution in [0.4, 0.5) is 15.8 Å². The van der Waals surface area contributed by atoms with Gasteiger partial charge in [-0.25, -0.2) is 4.39 Å². The first-order valence-electron chi connectivity index (χ1n) is 6.47. The number of rotatable bonds is 2. The molecule has 20 heavy (non-hydrogen) atoms. The van der Waals surface area contributed by atoms with Crippen molar-refractivity contribution in [3.63, 3.8) is 0 Å². The Labute approximate surface area is 118 Å². The molecule has 0 heterocycles. The third-order valence-corrected chi connectivity index (χ3v) is 3.13. The molecule has 0 spiro atoms. The highest BCUT2D eigenvalue weighted by Gasteiger charge is 2.12. The maximum absolute atomic E-state index is 13.5. The van der Waals surface area contributed by atoms with Crippen molar-refractivity contribution in [1.29, 1.82) is 5.26 Å². The molecule has 0 saturated carbocycles. The molecule has 2 nitrogen and oxygen atoms in total. The van der Waals surface area contributed by atoms with Gasteiger partial charge in [0.1, 0.15) is 11.9 Å². The van der Waals surface area contributed by atoms with Gasteiger partial charge in [0.05, 0.1) is 5.56 Å². The quantitative estimate of drug-likeness (QED) is 0.854. The second-order valence-corrected chi connectivity index (χ2v) is 5.76. The SMILES string of the molecule is CC(C)(C)c1ccc(Nc2ccc(C#N)c(F)c2)cc1. The van der Waals surface area contributed by atoms with Crippen LogP contribution in [-0.4, -0.2) is 0 Å². The van der Waals surface area contributed by atoms with E-state index in [9.17, 15) is 4.39 Å². The van der Waals surface area contributed by atoms with Gasteiger partial charge in [-0.05, 0) is 41.3 Å². The molecule has 1 N–H and O–H groups in total. The number of halogens is 1. The van der Waals surface area contributed by atoms with E-state index < -0.39 is 5.82 Å². The molecular formula is C17H17FN2. The molecule has 0 atom stereocenters. The summed E-state index contributed by atoms with van der Waals surface area (Å²) in [6.07, 6.45) is 0. The normalized spacial score (nSPS) is 10.9. The number of nitriles is 1. The highest BCUT2D eigenvalue weighted by molar-refractivity contribution is 5.61. The average molecular weight is 268 g/mol. The molecule has 0 fully saturated rings. The van der Waals surface area contributed by atoms with Crippen LogP contribution < -0.4 is 5.32 Å². The molecule has 3 heteroatoms. The van der Waals surface area contributed by atoms with Gasteiger partial charge in [-0.3, -0.25) is 0 Å². The maximum Gasteiger partial charge on any atom is 0.143 e. The average Bonchev–Trinajstić information content (AvgIpc) is 2.38. The minimum atomic E-state index is -0.510. The van der Waals surface area contributed by atoms with Gasteiger partial charge in [0.2, 0.25) is 0 Å². The van der Waals surface area contributed by atoms with Crippen molar-refractivity contribution in [2.24, 2.45) is 0 Å². The third-order valence-electron chi connectivity index (χ3n) is 3.13. The topological polar surface area (TPSA) is 35.8 Å². The molecule has 2 rings (SSSR count). The van der Waals surface area contributed by atoms with Crippen molar-refractivity contribution in [3.05, 3.63) is 59.4 Å². The summed E-state index contributed by atoms with van der Waals surface area (Å²) in [7, 11) is 0. The van der Waals surface area contributed by atoms with Crippen LogP contribution in [0.1, 0.15) is 31.9 Å². The lowest BCUT2D eigenvalue weighted by molar-refractivity contribution is 0.590. The Kier molecular flexibility index (Phi) is 3.76. The second kappa shape index (κ2) is 5.34. The van der Waals surface area contributed by atoms with Crippen molar-refractivity contribution in [2.45, 2.75) is 26.2 Å². The summed E-state index contributed by atoms with van der Waals surface area (Å²) >= 11 is 0. The molecule has 2 aromatic carbocycles. The van der Waals surface area contributed by atoms with Crippen LogP contribution in [0.15, 0.2) is 42.5 Å². The molecule has 0 unspecified atom stereocenters. The zero-order valence-electron chi connectivity index (χ0n) is 11.9. The van der Waals surface area contributed by atoms with Crippen LogP contribution in [0.5, 0.6) is 0 Å². The highest BCUT2D eigenvalue weighted by Crippen LogP contribution is 2.25. The molecule has 0 amide bonds. The van der Waals surface area contributed by atoms with Crippen molar-refractivity contribution in [3.8, 4) is 6.07 Å². The van der Waals surface area contributed by atoms with Gasteiger partial charge in [0.25, 0.3) is 0 Å². The predicted molar refractivity (Wildman–Crippen MR) is 79.5 cm³/mol. The fourth-order valence-corrected chi connectivity index (χ4v) is 1.90. The maximum atomic E-state index is 13.5. The molecule has 0 aromatic heterocycles. The molecule has 0 bridgehead atoms. The van der Waals surface area contributed by atoms with E-state index in [2.05, 4.69) is 38.2 Å². The number of benzene rings is 2. The van der Waals surface area contributed by atoms with Crippen molar-refractivity contribution < 1.29 is 4.39 Å². The Morgan fingerprint density at radius 3 is 2.10 bits per heavy atom. The summed E-state index contributed by atoms with van der Waals surface area (Å²) < 4.78 is 13.5. The van der Waals surface area contributed by atoms with Gasteiger partial charge >= 0.3 is 0 Å². The molecule has 0 aliphatic carbocycles. The Balaban J connectivity index is 2.19. The van der Waals surface area contributed by atoms with Gasteiger partial charge in [-0.15, -0.1) is 0 Å². The fraction of sp³-hybridized carbons (Fsp3) is 0.235. The van der Waals surface area contributed by atoms with E-state index >= 15 is 0 Å². The number of anilines is 2. The summed E-state index contributed by atoms with van der Waals surface area (Å²) in [4.78, 5) is 0. The number of hydrogen-bond donors (Lipinski definition) is 1. The van der Waals surface area contributed by atoms with Gasteiger partial charge in [-0.1, -0.05) is 32.9 Å². The van der Waals surface area contributed by atoms with Crippen molar-refractivity contribution in [1.82, 2.24) is 0 Å². The highest BCUT2D eigenvalue weighted by atomic mass is 19.1. The second-order valence-electron chi connectivity index (χ2n) is 5.76. The summed E-state index contributed by atoms with van der Waals surface area (Å²) in [5, 5.41) is 11.8. The third kappa shape index (κ3) is 3.16. The Morgan fingerprint density at radius 1 is 1.00 bits per heavy atom. The van der Waals surface area contributed by atoms with E-state index in [1.54, 1.807) is 6.07 Å². The van der Waals surface area contributed by atoms with E-state index in [1.165, 1.54) is 17.7 Å². The summed E-state index contributed by atoms with van der Waals surface area (Å²) in [5.74, 6) is -0.510. The largest absolute Gasteiger partial charge is 0.355 e. The molecule has 0 radical (unpaired) electrons.